The number of hydrogen-bond donors (Lipinski definition) is 0. The Morgan fingerprint density at radius 2 is 1.68 bits per heavy atom. The Balaban J connectivity index is 1.54. The molecule has 0 radical (unpaired) electrons. The summed E-state index contributed by atoms with van der Waals surface area (Å²) in [5, 5.41) is 9.92. The Labute approximate surface area is 248 Å². The molecule has 3 heterocycles. The van der Waals surface area contributed by atoms with Gasteiger partial charge in [-0.15, -0.1) is 0 Å². The van der Waals surface area contributed by atoms with Crippen LogP contribution < -0.4 is 15.4 Å². The maximum atomic E-state index is 14.5. The minimum Gasteiger partial charge on any atom is -0.366 e. The highest BCUT2D eigenvalue weighted by atomic mass is 32.2. The number of rotatable bonds is 7. The smallest absolute Gasteiger partial charge is 0.270 e. The average Bonchev–Trinajstić information content (AvgIpc) is 3.24. The van der Waals surface area contributed by atoms with Crippen LogP contribution in [0.1, 0.15) is 35.6 Å². The lowest BCUT2D eigenvalue weighted by Gasteiger charge is -2.39. The van der Waals surface area contributed by atoms with Crippen LogP contribution in [-0.2, 0) is 17.9 Å². The van der Waals surface area contributed by atoms with Crippen molar-refractivity contribution >= 4 is 51.8 Å². The number of aromatic nitrogens is 1. The normalized spacial score (nSPS) is 16.5. The SMILES string of the molecule is CCCn1c(N2CCN(c3ccccc3F)CC2)c(/C=C2\SC(=S)N(Cc3ccccc3)C2=O)c(C)c(C#N)c1=O. The first kappa shape index (κ1) is 28.6. The molecule has 7 nitrogen and oxygen atoms in total. The first-order valence-electron chi connectivity index (χ1n) is 13.5. The van der Waals surface area contributed by atoms with E-state index in [1.165, 1.54) is 17.8 Å². The maximum Gasteiger partial charge on any atom is 0.270 e. The van der Waals surface area contributed by atoms with E-state index in [0.717, 1.165) is 5.56 Å². The number of nitrogens with zero attached hydrogens (tertiary/aromatic N) is 5. The molecule has 2 aliphatic rings. The van der Waals surface area contributed by atoms with E-state index in [4.69, 9.17) is 12.2 Å². The average molecular weight is 588 g/mol. The van der Waals surface area contributed by atoms with Crippen molar-refractivity contribution in [2.24, 2.45) is 0 Å². The predicted octanol–water partition coefficient (Wildman–Crippen LogP) is 5.31. The standard InChI is InChI=1S/C31H30FN5O2S2/c1-3-13-36-28(35-16-14-34(15-17-35)26-12-8-7-11-25(26)32)23(21(2)24(19-33)29(36)38)18-27-30(39)37(31(40)41-27)20-22-9-5-4-6-10-22/h4-12,18H,3,13-17,20H2,1-2H3/b27-18-. The van der Waals surface area contributed by atoms with Crippen molar-refractivity contribution in [2.45, 2.75) is 33.4 Å². The van der Waals surface area contributed by atoms with Gasteiger partial charge in [-0.05, 0) is 42.7 Å². The van der Waals surface area contributed by atoms with Crippen molar-refractivity contribution in [3.63, 3.8) is 0 Å². The summed E-state index contributed by atoms with van der Waals surface area (Å²) < 4.78 is 16.6. The number of pyridine rings is 1. The van der Waals surface area contributed by atoms with Crippen molar-refractivity contribution < 1.29 is 9.18 Å². The zero-order chi connectivity index (χ0) is 29.1. The molecule has 0 bridgehead atoms. The lowest BCUT2D eigenvalue weighted by molar-refractivity contribution is -0.122. The highest BCUT2D eigenvalue weighted by molar-refractivity contribution is 8.26. The van der Waals surface area contributed by atoms with Crippen molar-refractivity contribution in [1.29, 1.82) is 5.26 Å². The minimum atomic E-state index is -0.341. The van der Waals surface area contributed by atoms with Crippen LogP contribution in [0.5, 0.6) is 0 Å². The molecule has 0 spiro atoms. The van der Waals surface area contributed by atoms with Crippen molar-refractivity contribution in [2.75, 3.05) is 36.0 Å². The Hall–Kier alpha value is -3.94. The third kappa shape index (κ3) is 5.65. The largest absolute Gasteiger partial charge is 0.366 e. The summed E-state index contributed by atoms with van der Waals surface area (Å²) in [5.41, 5.74) is 2.44. The molecule has 0 aliphatic carbocycles. The van der Waals surface area contributed by atoms with Gasteiger partial charge in [0.2, 0.25) is 0 Å². The molecule has 10 heteroatoms. The summed E-state index contributed by atoms with van der Waals surface area (Å²) in [6.07, 6.45) is 2.47. The second-order valence-corrected chi connectivity index (χ2v) is 11.7. The topological polar surface area (TPSA) is 72.6 Å². The van der Waals surface area contributed by atoms with Gasteiger partial charge in [-0.2, -0.15) is 5.26 Å². The molecular formula is C31H30FN5O2S2. The van der Waals surface area contributed by atoms with Crippen LogP contribution in [0, 0.1) is 24.1 Å². The highest BCUT2D eigenvalue weighted by Crippen LogP contribution is 2.37. The van der Waals surface area contributed by atoms with Gasteiger partial charge in [0.1, 0.15) is 27.6 Å². The molecule has 1 amide bonds. The van der Waals surface area contributed by atoms with Gasteiger partial charge in [0.25, 0.3) is 11.5 Å². The maximum absolute atomic E-state index is 14.5. The van der Waals surface area contributed by atoms with Crippen LogP contribution >= 0.6 is 24.0 Å². The zero-order valence-electron chi connectivity index (χ0n) is 23.0. The third-order valence-corrected chi connectivity index (χ3v) is 8.78. The van der Waals surface area contributed by atoms with Gasteiger partial charge in [-0.3, -0.25) is 19.1 Å². The summed E-state index contributed by atoms with van der Waals surface area (Å²) >= 11 is 6.81. The molecule has 0 saturated carbocycles. The first-order valence-corrected chi connectivity index (χ1v) is 14.8. The monoisotopic (exact) mass is 587 g/mol. The second-order valence-electron chi connectivity index (χ2n) is 9.98. The van der Waals surface area contributed by atoms with Crippen molar-refractivity contribution in [3.05, 3.63) is 97.9 Å². The molecule has 2 fully saturated rings. The molecule has 5 rings (SSSR count). The zero-order valence-corrected chi connectivity index (χ0v) is 24.6. The van der Waals surface area contributed by atoms with Crippen LogP contribution in [-0.4, -0.2) is 45.9 Å². The minimum absolute atomic E-state index is 0.0678. The molecule has 2 aliphatic heterocycles. The van der Waals surface area contributed by atoms with Crippen LogP contribution in [0.15, 0.2) is 64.3 Å². The van der Waals surface area contributed by atoms with Gasteiger partial charge >= 0.3 is 0 Å². The van der Waals surface area contributed by atoms with E-state index < -0.39 is 0 Å². The summed E-state index contributed by atoms with van der Waals surface area (Å²) in [7, 11) is 0. The summed E-state index contributed by atoms with van der Waals surface area (Å²) in [4.78, 5) is 33.2. The lowest BCUT2D eigenvalue weighted by atomic mass is 10.0. The molecule has 0 unspecified atom stereocenters. The van der Waals surface area contributed by atoms with E-state index >= 15 is 0 Å². The molecule has 2 saturated heterocycles. The third-order valence-electron chi connectivity index (χ3n) is 7.40. The highest BCUT2D eigenvalue weighted by Gasteiger charge is 2.34. The number of benzene rings is 2. The number of anilines is 2. The lowest BCUT2D eigenvalue weighted by Crippen LogP contribution is -2.49. The van der Waals surface area contributed by atoms with Gasteiger partial charge in [0.05, 0.1) is 17.1 Å². The fraction of sp³-hybridized carbons (Fsp3) is 0.290. The van der Waals surface area contributed by atoms with E-state index in [-0.39, 0.29) is 22.8 Å². The molecule has 41 heavy (non-hydrogen) atoms. The molecule has 0 atom stereocenters. The van der Waals surface area contributed by atoms with E-state index in [1.54, 1.807) is 34.6 Å². The Morgan fingerprint density at radius 1 is 1.02 bits per heavy atom. The molecular weight excluding hydrogens is 558 g/mol. The Morgan fingerprint density at radius 3 is 2.34 bits per heavy atom. The van der Waals surface area contributed by atoms with E-state index in [9.17, 15) is 19.2 Å². The molecule has 3 aromatic rings. The number of carbonyl (C=O) groups is 1. The van der Waals surface area contributed by atoms with Crippen LogP contribution in [0.3, 0.4) is 0 Å². The number of carbonyl (C=O) groups excluding carboxylic acids is 1. The number of thiocarbonyl (C=S) groups is 1. The van der Waals surface area contributed by atoms with Gasteiger partial charge in [0, 0.05) is 38.3 Å². The summed E-state index contributed by atoms with van der Waals surface area (Å²) in [6.45, 7) is 6.71. The van der Waals surface area contributed by atoms with Crippen LogP contribution in [0.2, 0.25) is 0 Å². The van der Waals surface area contributed by atoms with Crippen LogP contribution in [0.25, 0.3) is 6.08 Å². The number of thioether (sulfide) groups is 1. The number of para-hydroxylation sites is 1. The fourth-order valence-electron chi connectivity index (χ4n) is 5.32. The molecule has 2 aromatic carbocycles. The summed E-state index contributed by atoms with van der Waals surface area (Å²) in [5.74, 6) is 0.205. The second kappa shape index (κ2) is 12.3. The van der Waals surface area contributed by atoms with Gasteiger partial charge in [-0.25, -0.2) is 4.39 Å². The quantitative estimate of drug-likeness (QED) is 0.274. The van der Waals surface area contributed by atoms with Gasteiger partial charge in [0.15, 0.2) is 0 Å². The van der Waals surface area contributed by atoms with E-state index in [0.29, 0.717) is 77.5 Å². The van der Waals surface area contributed by atoms with E-state index in [1.807, 2.05) is 48.2 Å². The van der Waals surface area contributed by atoms with E-state index in [2.05, 4.69) is 11.0 Å². The van der Waals surface area contributed by atoms with Crippen LogP contribution in [0.4, 0.5) is 15.9 Å². The Bertz CT molecular complexity index is 1620. The first-order chi connectivity index (χ1) is 19.8. The molecule has 0 N–H and O–H groups in total. The van der Waals surface area contributed by atoms with Crippen molar-refractivity contribution in [1.82, 2.24) is 9.47 Å². The van der Waals surface area contributed by atoms with Gasteiger partial charge < -0.3 is 9.80 Å². The molecule has 210 valence electrons. The number of piperazine rings is 1. The fourth-order valence-corrected chi connectivity index (χ4v) is 6.55. The number of halogens is 1. The summed E-state index contributed by atoms with van der Waals surface area (Å²) in [6, 6.07) is 18.5. The number of hydrogen-bond acceptors (Lipinski definition) is 7. The Kier molecular flexibility index (Phi) is 8.57. The van der Waals surface area contributed by atoms with Crippen molar-refractivity contribution in [3.8, 4) is 6.07 Å². The molecule has 1 aromatic heterocycles. The van der Waals surface area contributed by atoms with Gasteiger partial charge in [-0.1, -0.05) is 73.4 Å². The number of amides is 1. The number of nitriles is 1. The predicted molar refractivity (Wildman–Crippen MR) is 166 cm³/mol.